The van der Waals surface area contributed by atoms with Crippen LogP contribution in [0.25, 0.3) is 0 Å². The smallest absolute Gasteiger partial charge is 0.255 e. The van der Waals surface area contributed by atoms with Crippen molar-refractivity contribution in [2.75, 3.05) is 19.5 Å². The van der Waals surface area contributed by atoms with Crippen LogP contribution in [0.4, 0.5) is 10.1 Å². The topological polar surface area (TPSA) is 84.5 Å². The standard InChI is InChI=1S/C15H14ClFN2O4S/c1-18-24(21,22)14-7-9(3-6-13(14)23-2)15(20)19-10-4-5-12(17)11(16)8-10/h3-8,18H,1-2H3,(H,19,20). The van der Waals surface area contributed by atoms with Gasteiger partial charge < -0.3 is 10.1 Å². The Bertz CT molecular complexity index is 887. The molecule has 0 unspecified atom stereocenters. The highest BCUT2D eigenvalue weighted by Gasteiger charge is 2.20. The number of anilines is 1. The van der Waals surface area contributed by atoms with Gasteiger partial charge in [0.1, 0.15) is 16.5 Å². The summed E-state index contributed by atoms with van der Waals surface area (Å²) in [6, 6.07) is 7.68. The Hall–Kier alpha value is -2.16. The molecule has 2 aromatic carbocycles. The van der Waals surface area contributed by atoms with E-state index in [0.717, 1.165) is 6.07 Å². The van der Waals surface area contributed by atoms with Gasteiger partial charge in [0.05, 0.1) is 12.1 Å². The number of amides is 1. The molecule has 2 aromatic rings. The molecule has 0 aliphatic carbocycles. The van der Waals surface area contributed by atoms with Crippen LogP contribution in [0.5, 0.6) is 5.75 Å². The molecule has 0 aliphatic rings. The van der Waals surface area contributed by atoms with Crippen molar-refractivity contribution in [1.82, 2.24) is 4.72 Å². The molecule has 0 atom stereocenters. The van der Waals surface area contributed by atoms with Crippen LogP contribution in [-0.2, 0) is 10.0 Å². The second kappa shape index (κ2) is 7.16. The molecule has 1 amide bonds. The third-order valence-electron chi connectivity index (χ3n) is 3.16. The molecule has 0 saturated carbocycles. The highest BCUT2D eigenvalue weighted by molar-refractivity contribution is 7.89. The minimum atomic E-state index is -3.81. The second-order valence-corrected chi connectivity index (χ2v) is 6.92. The van der Waals surface area contributed by atoms with Crippen LogP contribution >= 0.6 is 11.6 Å². The minimum Gasteiger partial charge on any atom is -0.495 e. The van der Waals surface area contributed by atoms with E-state index >= 15 is 0 Å². The van der Waals surface area contributed by atoms with Crippen molar-refractivity contribution in [3.8, 4) is 5.75 Å². The Morgan fingerprint density at radius 1 is 1.21 bits per heavy atom. The first-order valence-electron chi connectivity index (χ1n) is 6.66. The summed E-state index contributed by atoms with van der Waals surface area (Å²) in [5.74, 6) is -1.08. The number of nitrogens with one attached hydrogen (secondary N) is 2. The molecule has 0 radical (unpaired) electrons. The van der Waals surface area contributed by atoms with E-state index in [4.69, 9.17) is 16.3 Å². The predicted molar refractivity (Wildman–Crippen MR) is 88.6 cm³/mol. The number of carbonyl (C=O) groups is 1. The van der Waals surface area contributed by atoms with Crippen molar-refractivity contribution in [3.05, 3.63) is 52.8 Å². The van der Waals surface area contributed by atoms with Crippen LogP contribution < -0.4 is 14.8 Å². The number of hydrogen-bond acceptors (Lipinski definition) is 4. The number of halogens is 2. The molecule has 2 rings (SSSR count). The van der Waals surface area contributed by atoms with Crippen molar-refractivity contribution in [2.24, 2.45) is 0 Å². The third-order valence-corrected chi connectivity index (χ3v) is 4.89. The maximum Gasteiger partial charge on any atom is 0.255 e. The lowest BCUT2D eigenvalue weighted by Gasteiger charge is -2.11. The maximum atomic E-state index is 13.1. The Morgan fingerprint density at radius 3 is 2.50 bits per heavy atom. The summed E-state index contributed by atoms with van der Waals surface area (Å²) in [5.41, 5.74) is 0.366. The normalized spacial score (nSPS) is 11.2. The van der Waals surface area contributed by atoms with E-state index in [-0.39, 0.29) is 26.9 Å². The fourth-order valence-corrected chi connectivity index (χ4v) is 3.01. The Labute approximate surface area is 143 Å². The summed E-state index contributed by atoms with van der Waals surface area (Å²) < 4.78 is 44.3. The van der Waals surface area contributed by atoms with Gasteiger partial charge in [-0.25, -0.2) is 17.5 Å². The van der Waals surface area contributed by atoms with Crippen LogP contribution in [0.1, 0.15) is 10.4 Å². The van der Waals surface area contributed by atoms with Gasteiger partial charge in [-0.3, -0.25) is 4.79 Å². The summed E-state index contributed by atoms with van der Waals surface area (Å²) in [6.07, 6.45) is 0. The molecule has 0 fully saturated rings. The van der Waals surface area contributed by atoms with Crippen molar-refractivity contribution in [1.29, 1.82) is 0 Å². The van der Waals surface area contributed by atoms with E-state index in [0.29, 0.717) is 0 Å². The zero-order valence-electron chi connectivity index (χ0n) is 12.8. The summed E-state index contributed by atoms with van der Waals surface area (Å²) in [7, 11) is -1.23. The van der Waals surface area contributed by atoms with Crippen LogP contribution in [-0.4, -0.2) is 28.5 Å². The molecule has 9 heteroatoms. The lowest BCUT2D eigenvalue weighted by atomic mass is 10.2. The molecule has 0 bridgehead atoms. The predicted octanol–water partition coefficient (Wildman–Crippen LogP) is 2.65. The largest absolute Gasteiger partial charge is 0.495 e. The quantitative estimate of drug-likeness (QED) is 0.845. The number of sulfonamides is 1. The molecule has 0 aliphatic heterocycles. The van der Waals surface area contributed by atoms with Gasteiger partial charge in [0, 0.05) is 11.3 Å². The first kappa shape index (κ1) is 18.2. The first-order chi connectivity index (χ1) is 11.3. The zero-order chi connectivity index (χ0) is 17.9. The SMILES string of the molecule is CNS(=O)(=O)c1cc(C(=O)Nc2ccc(F)c(Cl)c2)ccc1OC. The minimum absolute atomic E-state index is 0.0880. The fraction of sp³-hybridized carbons (Fsp3) is 0.133. The Morgan fingerprint density at radius 2 is 1.92 bits per heavy atom. The first-order valence-corrected chi connectivity index (χ1v) is 8.52. The highest BCUT2D eigenvalue weighted by atomic mass is 35.5. The number of rotatable bonds is 5. The van der Waals surface area contributed by atoms with Crippen LogP contribution in [0.3, 0.4) is 0 Å². The average molecular weight is 373 g/mol. The zero-order valence-corrected chi connectivity index (χ0v) is 14.3. The lowest BCUT2D eigenvalue weighted by molar-refractivity contribution is 0.102. The number of carbonyl (C=O) groups excluding carboxylic acids is 1. The maximum absolute atomic E-state index is 13.1. The molecule has 0 heterocycles. The fourth-order valence-electron chi connectivity index (χ4n) is 1.92. The molecule has 0 spiro atoms. The van der Waals surface area contributed by atoms with E-state index < -0.39 is 21.7 Å². The number of hydrogen-bond donors (Lipinski definition) is 2. The van der Waals surface area contributed by atoms with Crippen LogP contribution in [0.2, 0.25) is 5.02 Å². The summed E-state index contributed by atoms with van der Waals surface area (Å²) >= 11 is 5.66. The van der Waals surface area contributed by atoms with E-state index in [1.807, 2.05) is 0 Å². The molecule has 2 N–H and O–H groups in total. The molecule has 0 saturated heterocycles. The van der Waals surface area contributed by atoms with Gasteiger partial charge in [-0.2, -0.15) is 0 Å². The van der Waals surface area contributed by atoms with Crippen molar-refractivity contribution in [3.63, 3.8) is 0 Å². The van der Waals surface area contributed by atoms with E-state index in [1.54, 1.807) is 0 Å². The molecule has 6 nitrogen and oxygen atoms in total. The summed E-state index contributed by atoms with van der Waals surface area (Å²) in [5, 5.41) is 2.38. The lowest BCUT2D eigenvalue weighted by Crippen LogP contribution is -2.20. The molecular formula is C15H14ClFN2O4S. The van der Waals surface area contributed by atoms with Crippen LogP contribution in [0.15, 0.2) is 41.3 Å². The summed E-state index contributed by atoms with van der Waals surface area (Å²) in [4.78, 5) is 12.1. The van der Waals surface area contributed by atoms with Gasteiger partial charge in [-0.05, 0) is 43.4 Å². The Kier molecular flexibility index (Phi) is 5.43. The number of benzene rings is 2. The van der Waals surface area contributed by atoms with Gasteiger partial charge in [0.15, 0.2) is 0 Å². The number of methoxy groups -OCH3 is 1. The van der Waals surface area contributed by atoms with E-state index in [1.165, 1.54) is 44.5 Å². The molecule has 24 heavy (non-hydrogen) atoms. The molecular weight excluding hydrogens is 359 g/mol. The monoisotopic (exact) mass is 372 g/mol. The van der Waals surface area contributed by atoms with Crippen molar-refractivity contribution >= 4 is 33.2 Å². The van der Waals surface area contributed by atoms with E-state index in [2.05, 4.69) is 10.0 Å². The van der Waals surface area contributed by atoms with Crippen molar-refractivity contribution < 1.29 is 22.3 Å². The molecule has 0 aromatic heterocycles. The Balaban J connectivity index is 2.36. The third kappa shape index (κ3) is 3.84. The highest BCUT2D eigenvalue weighted by Crippen LogP contribution is 2.25. The van der Waals surface area contributed by atoms with Gasteiger partial charge in [0.2, 0.25) is 10.0 Å². The van der Waals surface area contributed by atoms with Gasteiger partial charge in [0.25, 0.3) is 5.91 Å². The van der Waals surface area contributed by atoms with Gasteiger partial charge in [-0.15, -0.1) is 0 Å². The van der Waals surface area contributed by atoms with Crippen LogP contribution in [0, 0.1) is 5.82 Å². The second-order valence-electron chi connectivity index (χ2n) is 4.66. The average Bonchev–Trinajstić information content (AvgIpc) is 2.57. The van der Waals surface area contributed by atoms with Crippen molar-refractivity contribution in [2.45, 2.75) is 4.90 Å². The summed E-state index contributed by atoms with van der Waals surface area (Å²) in [6.45, 7) is 0. The molecule has 128 valence electrons. The van der Waals surface area contributed by atoms with E-state index in [9.17, 15) is 17.6 Å². The van der Waals surface area contributed by atoms with Gasteiger partial charge >= 0.3 is 0 Å². The van der Waals surface area contributed by atoms with Gasteiger partial charge in [-0.1, -0.05) is 11.6 Å². The number of ether oxygens (including phenoxy) is 1.